The van der Waals surface area contributed by atoms with Crippen LogP contribution in [0.2, 0.25) is 0 Å². The Balaban J connectivity index is 1.62. The van der Waals surface area contributed by atoms with E-state index >= 15 is 0 Å². The summed E-state index contributed by atoms with van der Waals surface area (Å²) in [5.74, 6) is 0.726. The van der Waals surface area contributed by atoms with Crippen LogP contribution in [0.25, 0.3) is 21.5 Å². The normalized spacial score (nSPS) is 11.1. The van der Waals surface area contributed by atoms with Crippen LogP contribution < -0.4 is 10.1 Å². The van der Waals surface area contributed by atoms with Crippen molar-refractivity contribution in [1.29, 1.82) is 0 Å². The maximum absolute atomic E-state index is 13.0. The number of benzene rings is 1. The predicted molar refractivity (Wildman–Crippen MR) is 120 cm³/mol. The third-order valence-corrected chi connectivity index (χ3v) is 6.49. The van der Waals surface area contributed by atoms with Gasteiger partial charge in [0.05, 0.1) is 23.1 Å². The first-order valence-electron chi connectivity index (χ1n) is 9.17. The van der Waals surface area contributed by atoms with E-state index in [1.165, 1.54) is 28.2 Å². The van der Waals surface area contributed by atoms with Crippen LogP contribution >= 0.6 is 22.7 Å². The molecule has 0 radical (unpaired) electrons. The van der Waals surface area contributed by atoms with E-state index in [1.807, 2.05) is 43.5 Å². The maximum atomic E-state index is 13.0. The quantitative estimate of drug-likeness (QED) is 0.462. The maximum Gasteiger partial charge on any atom is 0.267 e. The third-order valence-electron chi connectivity index (χ3n) is 4.55. The van der Waals surface area contributed by atoms with Gasteiger partial charge in [0.1, 0.15) is 11.4 Å². The van der Waals surface area contributed by atoms with Gasteiger partial charge >= 0.3 is 0 Å². The second-order valence-corrected chi connectivity index (χ2v) is 8.53. The number of fused-ring (bicyclic) bond motifs is 1. The topological polar surface area (TPSA) is 86.2 Å². The van der Waals surface area contributed by atoms with Gasteiger partial charge in [0.25, 0.3) is 5.91 Å². The van der Waals surface area contributed by atoms with Gasteiger partial charge in [-0.2, -0.15) is 4.98 Å². The lowest BCUT2D eigenvalue weighted by Gasteiger charge is -2.05. The van der Waals surface area contributed by atoms with Crippen LogP contribution in [-0.2, 0) is 11.3 Å². The number of aromatic nitrogens is 3. The lowest BCUT2D eigenvalue weighted by molar-refractivity contribution is 0.103. The largest absolute Gasteiger partial charge is 0.480 e. The van der Waals surface area contributed by atoms with Gasteiger partial charge in [0.2, 0.25) is 5.88 Å². The lowest BCUT2D eigenvalue weighted by Crippen LogP contribution is -2.11. The molecule has 0 bridgehead atoms. The molecule has 1 N–H and O–H groups in total. The summed E-state index contributed by atoms with van der Waals surface area (Å²) in [5.41, 5.74) is 3.82. The Kier molecular flexibility index (Phi) is 5.76. The molecule has 0 aliphatic carbocycles. The number of rotatable bonds is 6. The van der Waals surface area contributed by atoms with Crippen molar-refractivity contribution >= 4 is 43.9 Å². The van der Waals surface area contributed by atoms with E-state index in [0.717, 1.165) is 22.2 Å². The zero-order chi connectivity index (χ0) is 21.3. The van der Waals surface area contributed by atoms with Crippen molar-refractivity contribution in [2.75, 3.05) is 19.5 Å². The van der Waals surface area contributed by atoms with Crippen molar-refractivity contribution in [3.05, 3.63) is 51.5 Å². The van der Waals surface area contributed by atoms with Crippen molar-refractivity contribution < 1.29 is 14.3 Å². The fraction of sp³-hybridized carbons (Fsp3) is 0.238. The van der Waals surface area contributed by atoms with E-state index in [2.05, 4.69) is 20.3 Å². The zero-order valence-electron chi connectivity index (χ0n) is 17.0. The molecule has 154 valence electrons. The summed E-state index contributed by atoms with van der Waals surface area (Å²) in [6.07, 6.45) is 0. The van der Waals surface area contributed by atoms with Crippen LogP contribution in [0.5, 0.6) is 5.88 Å². The van der Waals surface area contributed by atoms with Crippen molar-refractivity contribution in [3.63, 3.8) is 0 Å². The number of carbonyl (C=O) groups is 1. The van der Waals surface area contributed by atoms with Gasteiger partial charge in [-0.3, -0.25) is 10.1 Å². The number of aryl methyl sites for hydroxylation is 2. The highest BCUT2D eigenvalue weighted by Crippen LogP contribution is 2.35. The fourth-order valence-corrected chi connectivity index (χ4v) is 4.84. The van der Waals surface area contributed by atoms with Gasteiger partial charge in [0.15, 0.2) is 11.0 Å². The Morgan fingerprint density at radius 2 is 1.87 bits per heavy atom. The summed E-state index contributed by atoms with van der Waals surface area (Å²) < 4.78 is 10.5. The SMILES string of the molecule is COCc1nc(OC)c2c(C)c(C(=O)Nc3nc(-c4ccc(C)cc4)cs3)sc2n1. The van der Waals surface area contributed by atoms with Crippen molar-refractivity contribution in [2.45, 2.75) is 20.5 Å². The van der Waals surface area contributed by atoms with Crippen LogP contribution in [0.1, 0.15) is 26.6 Å². The van der Waals surface area contributed by atoms with Gasteiger partial charge < -0.3 is 9.47 Å². The molecule has 1 aromatic carbocycles. The number of nitrogens with one attached hydrogen (secondary N) is 1. The molecule has 1 amide bonds. The molecular weight excluding hydrogens is 420 g/mol. The molecule has 0 saturated carbocycles. The standard InChI is InChI=1S/C21H20N4O3S2/c1-11-5-7-13(8-6-11)14-10-29-21(22-14)25-18(26)17-12(2)16-19(28-4)23-15(9-27-3)24-20(16)30-17/h5-8,10H,9H2,1-4H3,(H,22,25,26). The number of thiophene rings is 1. The molecule has 3 heterocycles. The average molecular weight is 441 g/mol. The smallest absolute Gasteiger partial charge is 0.267 e. The zero-order valence-corrected chi connectivity index (χ0v) is 18.6. The minimum atomic E-state index is -0.226. The molecule has 4 rings (SSSR count). The molecule has 0 aliphatic rings. The van der Waals surface area contributed by atoms with Crippen LogP contribution in [0, 0.1) is 13.8 Å². The molecule has 4 aromatic rings. The molecule has 0 atom stereocenters. The molecule has 0 fully saturated rings. The minimum Gasteiger partial charge on any atom is -0.480 e. The first-order chi connectivity index (χ1) is 14.5. The summed E-state index contributed by atoms with van der Waals surface area (Å²) in [4.78, 5) is 27.6. The highest BCUT2D eigenvalue weighted by molar-refractivity contribution is 7.21. The molecular formula is C21H20N4O3S2. The molecule has 0 saturated heterocycles. The number of carbonyl (C=O) groups excluding carboxylic acids is 1. The van der Waals surface area contributed by atoms with Crippen LogP contribution in [-0.4, -0.2) is 35.1 Å². The van der Waals surface area contributed by atoms with Crippen LogP contribution in [0.15, 0.2) is 29.6 Å². The number of hydrogen-bond acceptors (Lipinski definition) is 8. The van der Waals surface area contributed by atoms with E-state index in [-0.39, 0.29) is 12.5 Å². The average Bonchev–Trinajstić information content (AvgIpc) is 3.33. The number of nitrogens with zero attached hydrogens (tertiary/aromatic N) is 3. The Hall–Kier alpha value is -2.88. The Labute approximate surface area is 181 Å². The van der Waals surface area contributed by atoms with Gasteiger partial charge in [-0.15, -0.1) is 22.7 Å². The number of methoxy groups -OCH3 is 2. The van der Waals surface area contributed by atoms with Gasteiger partial charge in [0, 0.05) is 18.1 Å². The van der Waals surface area contributed by atoms with E-state index in [1.54, 1.807) is 14.2 Å². The van der Waals surface area contributed by atoms with Crippen molar-refractivity contribution in [2.24, 2.45) is 0 Å². The minimum absolute atomic E-state index is 0.226. The summed E-state index contributed by atoms with van der Waals surface area (Å²) >= 11 is 2.70. The van der Waals surface area contributed by atoms with E-state index in [0.29, 0.717) is 26.5 Å². The van der Waals surface area contributed by atoms with Crippen LogP contribution in [0.3, 0.4) is 0 Å². The number of thiazole rings is 1. The first-order valence-corrected chi connectivity index (χ1v) is 10.9. The third kappa shape index (κ3) is 3.91. The predicted octanol–water partition coefficient (Wildman–Crippen LogP) is 4.84. The van der Waals surface area contributed by atoms with Gasteiger partial charge in [-0.25, -0.2) is 9.97 Å². The lowest BCUT2D eigenvalue weighted by atomic mass is 10.1. The highest BCUT2D eigenvalue weighted by Gasteiger charge is 2.22. The molecule has 7 nitrogen and oxygen atoms in total. The highest BCUT2D eigenvalue weighted by atomic mass is 32.1. The van der Waals surface area contributed by atoms with E-state index in [4.69, 9.17) is 9.47 Å². The summed E-state index contributed by atoms with van der Waals surface area (Å²) in [6, 6.07) is 8.13. The summed E-state index contributed by atoms with van der Waals surface area (Å²) in [6.45, 7) is 4.18. The van der Waals surface area contributed by atoms with Crippen molar-refractivity contribution in [1.82, 2.24) is 15.0 Å². The Morgan fingerprint density at radius 3 is 2.57 bits per heavy atom. The van der Waals surface area contributed by atoms with E-state index < -0.39 is 0 Å². The first kappa shape index (κ1) is 20.4. The molecule has 3 aromatic heterocycles. The van der Waals surface area contributed by atoms with E-state index in [9.17, 15) is 4.79 Å². The molecule has 0 unspecified atom stereocenters. The number of hydrogen-bond donors (Lipinski definition) is 1. The fourth-order valence-electron chi connectivity index (χ4n) is 3.04. The monoisotopic (exact) mass is 440 g/mol. The number of ether oxygens (including phenoxy) is 2. The summed E-state index contributed by atoms with van der Waals surface area (Å²) in [7, 11) is 3.13. The molecule has 0 spiro atoms. The van der Waals surface area contributed by atoms with Crippen LogP contribution in [0.4, 0.5) is 5.13 Å². The van der Waals surface area contributed by atoms with Crippen molar-refractivity contribution in [3.8, 4) is 17.1 Å². The summed E-state index contributed by atoms with van der Waals surface area (Å²) in [5, 5.41) is 6.13. The second kappa shape index (κ2) is 8.47. The number of amides is 1. The molecule has 9 heteroatoms. The number of anilines is 1. The van der Waals surface area contributed by atoms with Gasteiger partial charge in [-0.05, 0) is 19.4 Å². The second-order valence-electron chi connectivity index (χ2n) is 6.68. The molecule has 0 aliphatic heterocycles. The Morgan fingerprint density at radius 1 is 1.10 bits per heavy atom. The van der Waals surface area contributed by atoms with Gasteiger partial charge in [-0.1, -0.05) is 29.8 Å². The Bertz CT molecular complexity index is 1220. The molecule has 30 heavy (non-hydrogen) atoms.